The summed E-state index contributed by atoms with van der Waals surface area (Å²) in [7, 11) is 0. The van der Waals surface area contributed by atoms with Crippen LogP contribution in [0.2, 0.25) is 0 Å². The minimum Gasteiger partial charge on any atom is -0.397 e. The van der Waals surface area contributed by atoms with Crippen molar-refractivity contribution in [1.82, 2.24) is 4.98 Å². The molecule has 1 aromatic heterocycles. The molecule has 0 atom stereocenters. The number of aromatic nitrogens is 1. The smallest absolute Gasteiger partial charge is 0.128 e. The Bertz CT molecular complexity index is 466. The van der Waals surface area contributed by atoms with Crippen molar-refractivity contribution in [3.05, 3.63) is 35.8 Å². The molecular weight excluding hydrogens is 167 g/mol. The van der Waals surface area contributed by atoms with Gasteiger partial charge in [0.15, 0.2) is 0 Å². The van der Waals surface area contributed by atoms with Crippen LogP contribution in [0.15, 0.2) is 24.4 Å². The summed E-state index contributed by atoms with van der Waals surface area (Å²) in [5.74, 6) is -0.280. The van der Waals surface area contributed by atoms with Gasteiger partial charge >= 0.3 is 0 Å². The zero-order chi connectivity index (χ0) is 9.42. The average molecular weight is 176 g/mol. The molecule has 2 N–H and O–H groups in total. The lowest BCUT2D eigenvalue weighted by atomic mass is 10.1. The first-order valence-electron chi connectivity index (χ1n) is 3.99. The van der Waals surface area contributed by atoms with Gasteiger partial charge in [0.25, 0.3) is 0 Å². The lowest BCUT2D eigenvalue weighted by molar-refractivity contribution is 0.621. The van der Waals surface area contributed by atoms with Gasteiger partial charge in [0.2, 0.25) is 0 Å². The number of nitrogen functional groups attached to an aromatic ring is 1. The lowest BCUT2D eigenvalue weighted by Gasteiger charge is -2.05. The standard InChI is InChI=1S/C10H9FN2/c1-6-8(11)5-7-3-2-4-13-10(7)9(6)12/h2-5H,12H2,1H3. The zero-order valence-electron chi connectivity index (χ0n) is 7.21. The third-order valence-corrected chi connectivity index (χ3v) is 2.14. The number of benzene rings is 1. The third-order valence-electron chi connectivity index (χ3n) is 2.14. The maximum atomic E-state index is 13.2. The van der Waals surface area contributed by atoms with E-state index < -0.39 is 0 Å². The van der Waals surface area contributed by atoms with Crippen LogP contribution in [-0.4, -0.2) is 4.98 Å². The Morgan fingerprint density at radius 1 is 1.46 bits per heavy atom. The fourth-order valence-corrected chi connectivity index (χ4v) is 1.31. The maximum Gasteiger partial charge on any atom is 0.128 e. The summed E-state index contributed by atoms with van der Waals surface area (Å²) in [5, 5.41) is 0.739. The molecule has 2 nitrogen and oxygen atoms in total. The van der Waals surface area contributed by atoms with E-state index in [-0.39, 0.29) is 5.82 Å². The number of pyridine rings is 1. The van der Waals surface area contributed by atoms with E-state index in [1.807, 2.05) is 0 Å². The molecule has 0 aliphatic rings. The molecule has 0 aliphatic heterocycles. The Morgan fingerprint density at radius 3 is 3.00 bits per heavy atom. The van der Waals surface area contributed by atoms with Crippen molar-refractivity contribution in [2.45, 2.75) is 6.92 Å². The van der Waals surface area contributed by atoms with Crippen LogP contribution in [0, 0.1) is 12.7 Å². The highest BCUT2D eigenvalue weighted by atomic mass is 19.1. The Kier molecular flexibility index (Phi) is 1.65. The van der Waals surface area contributed by atoms with Crippen LogP contribution < -0.4 is 5.73 Å². The van der Waals surface area contributed by atoms with E-state index in [0.717, 1.165) is 5.39 Å². The Morgan fingerprint density at radius 2 is 2.23 bits per heavy atom. The van der Waals surface area contributed by atoms with Crippen molar-refractivity contribution in [1.29, 1.82) is 0 Å². The summed E-state index contributed by atoms with van der Waals surface area (Å²) >= 11 is 0. The second-order valence-corrected chi connectivity index (χ2v) is 2.97. The van der Waals surface area contributed by atoms with Gasteiger partial charge in [-0.15, -0.1) is 0 Å². The molecule has 0 radical (unpaired) electrons. The molecule has 0 amide bonds. The van der Waals surface area contributed by atoms with Crippen molar-refractivity contribution in [3.8, 4) is 0 Å². The van der Waals surface area contributed by atoms with E-state index in [9.17, 15) is 4.39 Å². The number of hydrogen-bond donors (Lipinski definition) is 1. The first-order valence-corrected chi connectivity index (χ1v) is 3.99. The van der Waals surface area contributed by atoms with Crippen molar-refractivity contribution in [3.63, 3.8) is 0 Å². The van der Waals surface area contributed by atoms with Gasteiger partial charge in [-0.05, 0) is 19.1 Å². The second-order valence-electron chi connectivity index (χ2n) is 2.97. The predicted octanol–water partition coefficient (Wildman–Crippen LogP) is 2.26. The normalized spacial score (nSPS) is 10.6. The summed E-state index contributed by atoms with van der Waals surface area (Å²) < 4.78 is 13.2. The SMILES string of the molecule is Cc1c(F)cc2cccnc2c1N. The van der Waals surface area contributed by atoms with Crippen molar-refractivity contribution < 1.29 is 4.39 Å². The maximum absolute atomic E-state index is 13.2. The van der Waals surface area contributed by atoms with E-state index in [1.165, 1.54) is 6.07 Å². The lowest BCUT2D eigenvalue weighted by Crippen LogP contribution is -1.96. The second kappa shape index (κ2) is 2.69. The molecule has 2 rings (SSSR count). The van der Waals surface area contributed by atoms with Gasteiger partial charge in [0.1, 0.15) is 5.82 Å². The molecule has 3 heteroatoms. The number of halogens is 1. The van der Waals surface area contributed by atoms with Crippen molar-refractivity contribution in [2.75, 3.05) is 5.73 Å². The minimum absolute atomic E-state index is 0.280. The number of nitrogens with two attached hydrogens (primary N) is 1. The number of nitrogens with zero attached hydrogens (tertiary/aromatic N) is 1. The van der Waals surface area contributed by atoms with Gasteiger partial charge in [-0.25, -0.2) is 4.39 Å². The van der Waals surface area contributed by atoms with Crippen LogP contribution in [0.1, 0.15) is 5.56 Å². The van der Waals surface area contributed by atoms with E-state index in [2.05, 4.69) is 4.98 Å². The molecule has 0 fully saturated rings. The highest BCUT2D eigenvalue weighted by Gasteiger charge is 2.06. The topological polar surface area (TPSA) is 38.9 Å². The average Bonchev–Trinajstić information content (AvgIpc) is 2.15. The van der Waals surface area contributed by atoms with Crippen LogP contribution >= 0.6 is 0 Å². The molecule has 1 aromatic carbocycles. The molecular formula is C10H9FN2. The van der Waals surface area contributed by atoms with Gasteiger partial charge in [0.05, 0.1) is 11.2 Å². The summed E-state index contributed by atoms with van der Waals surface area (Å²) in [5.41, 5.74) is 7.28. The molecule has 0 saturated carbocycles. The molecule has 1 heterocycles. The number of hydrogen-bond acceptors (Lipinski definition) is 2. The van der Waals surface area contributed by atoms with Crippen LogP contribution in [0.25, 0.3) is 10.9 Å². The van der Waals surface area contributed by atoms with Gasteiger partial charge in [-0.1, -0.05) is 6.07 Å². The van der Waals surface area contributed by atoms with Gasteiger partial charge in [-0.2, -0.15) is 0 Å². The first kappa shape index (κ1) is 7.98. The molecule has 0 aliphatic carbocycles. The Balaban J connectivity index is 2.94. The molecule has 0 bridgehead atoms. The van der Waals surface area contributed by atoms with E-state index >= 15 is 0 Å². The van der Waals surface area contributed by atoms with E-state index in [4.69, 9.17) is 5.73 Å². The first-order chi connectivity index (χ1) is 6.20. The van der Waals surface area contributed by atoms with Crippen LogP contribution in [0.3, 0.4) is 0 Å². The van der Waals surface area contributed by atoms with E-state index in [0.29, 0.717) is 16.8 Å². The van der Waals surface area contributed by atoms with Gasteiger partial charge in [-0.3, -0.25) is 4.98 Å². The van der Waals surface area contributed by atoms with Crippen LogP contribution in [-0.2, 0) is 0 Å². The Labute approximate surface area is 75.2 Å². The molecule has 66 valence electrons. The summed E-state index contributed by atoms with van der Waals surface area (Å²) in [6, 6.07) is 5.01. The molecule has 0 saturated heterocycles. The number of rotatable bonds is 0. The van der Waals surface area contributed by atoms with Gasteiger partial charge < -0.3 is 5.73 Å². The zero-order valence-corrected chi connectivity index (χ0v) is 7.21. The fourth-order valence-electron chi connectivity index (χ4n) is 1.31. The predicted molar refractivity (Wildman–Crippen MR) is 50.9 cm³/mol. The van der Waals surface area contributed by atoms with Crippen molar-refractivity contribution in [2.24, 2.45) is 0 Å². The van der Waals surface area contributed by atoms with Crippen LogP contribution in [0.5, 0.6) is 0 Å². The number of fused-ring (bicyclic) bond motifs is 1. The number of anilines is 1. The Hall–Kier alpha value is -1.64. The monoisotopic (exact) mass is 176 g/mol. The summed E-state index contributed by atoms with van der Waals surface area (Å²) in [6.07, 6.45) is 1.65. The quantitative estimate of drug-likeness (QED) is 0.625. The highest BCUT2D eigenvalue weighted by Crippen LogP contribution is 2.24. The largest absolute Gasteiger partial charge is 0.397 e. The highest BCUT2D eigenvalue weighted by molar-refractivity contribution is 5.90. The fraction of sp³-hybridized carbons (Fsp3) is 0.100. The molecule has 2 aromatic rings. The molecule has 0 spiro atoms. The van der Waals surface area contributed by atoms with Crippen LogP contribution in [0.4, 0.5) is 10.1 Å². The third kappa shape index (κ3) is 1.13. The summed E-state index contributed by atoms with van der Waals surface area (Å²) in [6.45, 7) is 1.65. The van der Waals surface area contributed by atoms with Crippen molar-refractivity contribution >= 4 is 16.6 Å². The summed E-state index contributed by atoms with van der Waals surface area (Å²) in [4.78, 5) is 4.09. The molecule has 13 heavy (non-hydrogen) atoms. The molecule has 0 unspecified atom stereocenters. The minimum atomic E-state index is -0.280. The van der Waals surface area contributed by atoms with E-state index in [1.54, 1.807) is 25.3 Å². The van der Waals surface area contributed by atoms with Gasteiger partial charge in [0, 0.05) is 17.1 Å².